The van der Waals surface area contributed by atoms with Crippen LogP contribution in [0.2, 0.25) is 0 Å². The standard InChI is InChI=1S/C15H13BrN4/c1-17-15-19-13-5-3-2-4-12(13)14(20-15)18-11-8-6-10(16)7-9-11/h2-9H,1H3,(H2,17,18,19,20). The van der Waals surface area contributed by atoms with Crippen molar-refractivity contribution in [3.05, 3.63) is 53.0 Å². The van der Waals surface area contributed by atoms with Gasteiger partial charge in [0, 0.05) is 22.6 Å². The van der Waals surface area contributed by atoms with E-state index in [1.54, 1.807) is 0 Å². The van der Waals surface area contributed by atoms with Gasteiger partial charge in [0.25, 0.3) is 0 Å². The molecule has 1 heterocycles. The molecule has 1 aromatic heterocycles. The van der Waals surface area contributed by atoms with E-state index < -0.39 is 0 Å². The van der Waals surface area contributed by atoms with Crippen LogP contribution in [0.25, 0.3) is 10.9 Å². The second kappa shape index (κ2) is 5.46. The van der Waals surface area contributed by atoms with Crippen LogP contribution >= 0.6 is 15.9 Å². The number of halogens is 1. The summed E-state index contributed by atoms with van der Waals surface area (Å²) in [5, 5.41) is 7.32. The number of nitrogens with one attached hydrogen (secondary N) is 2. The first-order valence-electron chi connectivity index (χ1n) is 6.23. The molecule has 0 amide bonds. The molecule has 0 aliphatic heterocycles. The van der Waals surface area contributed by atoms with Crippen LogP contribution in [0.15, 0.2) is 53.0 Å². The number of aromatic nitrogens is 2. The molecular weight excluding hydrogens is 316 g/mol. The lowest BCUT2D eigenvalue weighted by Gasteiger charge is -2.10. The minimum Gasteiger partial charge on any atom is -0.357 e. The summed E-state index contributed by atoms with van der Waals surface area (Å²) in [5.74, 6) is 1.39. The molecule has 0 fully saturated rings. The lowest BCUT2D eigenvalue weighted by molar-refractivity contribution is 1.19. The van der Waals surface area contributed by atoms with Gasteiger partial charge in [0.1, 0.15) is 5.82 Å². The van der Waals surface area contributed by atoms with E-state index in [-0.39, 0.29) is 0 Å². The van der Waals surface area contributed by atoms with E-state index in [1.807, 2.05) is 55.6 Å². The fourth-order valence-corrected chi connectivity index (χ4v) is 2.22. The van der Waals surface area contributed by atoms with Crippen molar-refractivity contribution >= 4 is 44.3 Å². The van der Waals surface area contributed by atoms with Gasteiger partial charge in [-0.05, 0) is 36.4 Å². The Bertz CT molecular complexity index is 740. The molecule has 20 heavy (non-hydrogen) atoms. The number of hydrogen-bond acceptors (Lipinski definition) is 4. The second-order valence-corrected chi connectivity index (χ2v) is 5.21. The summed E-state index contributed by atoms with van der Waals surface area (Å²) in [5.41, 5.74) is 1.89. The molecule has 3 rings (SSSR count). The molecule has 100 valence electrons. The normalized spacial score (nSPS) is 10.5. The Hall–Kier alpha value is -2.14. The van der Waals surface area contributed by atoms with Gasteiger partial charge in [0.2, 0.25) is 5.95 Å². The van der Waals surface area contributed by atoms with Crippen LogP contribution in [0.4, 0.5) is 17.5 Å². The van der Waals surface area contributed by atoms with Crippen LogP contribution in [0.1, 0.15) is 0 Å². The number of nitrogens with zero attached hydrogens (tertiary/aromatic N) is 2. The highest BCUT2D eigenvalue weighted by Crippen LogP contribution is 2.25. The van der Waals surface area contributed by atoms with Crippen molar-refractivity contribution in [2.75, 3.05) is 17.7 Å². The molecule has 3 aromatic rings. The lowest BCUT2D eigenvalue weighted by Crippen LogP contribution is -2.01. The highest BCUT2D eigenvalue weighted by Gasteiger charge is 2.06. The Labute approximate surface area is 125 Å². The highest BCUT2D eigenvalue weighted by atomic mass is 79.9. The Morgan fingerprint density at radius 1 is 0.950 bits per heavy atom. The average molecular weight is 329 g/mol. The molecule has 0 atom stereocenters. The van der Waals surface area contributed by atoms with Gasteiger partial charge in [-0.2, -0.15) is 4.98 Å². The van der Waals surface area contributed by atoms with Crippen molar-refractivity contribution in [2.45, 2.75) is 0 Å². The SMILES string of the molecule is CNc1nc(Nc2ccc(Br)cc2)c2ccccc2n1. The minimum absolute atomic E-state index is 0.600. The molecule has 0 aliphatic carbocycles. The zero-order chi connectivity index (χ0) is 13.9. The van der Waals surface area contributed by atoms with Crippen LogP contribution in [-0.2, 0) is 0 Å². The van der Waals surface area contributed by atoms with Gasteiger partial charge in [-0.25, -0.2) is 4.98 Å². The van der Waals surface area contributed by atoms with Crippen LogP contribution in [-0.4, -0.2) is 17.0 Å². The molecule has 2 N–H and O–H groups in total. The summed E-state index contributed by atoms with van der Waals surface area (Å²) in [6, 6.07) is 15.9. The number of rotatable bonds is 3. The van der Waals surface area contributed by atoms with Crippen molar-refractivity contribution in [1.29, 1.82) is 0 Å². The van der Waals surface area contributed by atoms with Crippen LogP contribution in [0, 0.1) is 0 Å². The van der Waals surface area contributed by atoms with Gasteiger partial charge in [0.15, 0.2) is 0 Å². The van der Waals surface area contributed by atoms with Gasteiger partial charge >= 0.3 is 0 Å². The quantitative estimate of drug-likeness (QED) is 0.757. The van der Waals surface area contributed by atoms with Crippen molar-refractivity contribution in [1.82, 2.24) is 9.97 Å². The first-order chi connectivity index (χ1) is 9.76. The van der Waals surface area contributed by atoms with E-state index >= 15 is 0 Å². The fraction of sp³-hybridized carbons (Fsp3) is 0.0667. The average Bonchev–Trinajstić information content (AvgIpc) is 2.49. The van der Waals surface area contributed by atoms with Gasteiger partial charge < -0.3 is 10.6 Å². The Balaban J connectivity index is 2.07. The van der Waals surface area contributed by atoms with E-state index in [2.05, 4.69) is 36.5 Å². The zero-order valence-electron chi connectivity index (χ0n) is 10.9. The predicted molar refractivity (Wildman–Crippen MR) is 86.5 cm³/mol. The van der Waals surface area contributed by atoms with Gasteiger partial charge in [-0.3, -0.25) is 0 Å². The Morgan fingerprint density at radius 3 is 2.45 bits per heavy atom. The van der Waals surface area contributed by atoms with Crippen molar-refractivity contribution in [3.63, 3.8) is 0 Å². The molecule has 0 saturated heterocycles. The van der Waals surface area contributed by atoms with E-state index in [0.717, 1.165) is 26.9 Å². The summed E-state index contributed by atoms with van der Waals surface area (Å²) in [4.78, 5) is 8.93. The van der Waals surface area contributed by atoms with Gasteiger partial charge in [0.05, 0.1) is 5.52 Å². The third-order valence-electron chi connectivity index (χ3n) is 2.93. The molecule has 0 unspecified atom stereocenters. The lowest BCUT2D eigenvalue weighted by atomic mass is 10.2. The van der Waals surface area contributed by atoms with E-state index in [1.165, 1.54) is 0 Å². The maximum Gasteiger partial charge on any atom is 0.224 e. The molecule has 0 bridgehead atoms. The van der Waals surface area contributed by atoms with Gasteiger partial charge in [-0.1, -0.05) is 28.1 Å². The Kier molecular flexibility index (Phi) is 3.52. The van der Waals surface area contributed by atoms with Crippen LogP contribution < -0.4 is 10.6 Å². The first kappa shape index (κ1) is 12.9. The van der Waals surface area contributed by atoms with Crippen molar-refractivity contribution in [3.8, 4) is 0 Å². The van der Waals surface area contributed by atoms with Crippen molar-refractivity contribution in [2.24, 2.45) is 0 Å². The van der Waals surface area contributed by atoms with Crippen LogP contribution in [0.5, 0.6) is 0 Å². The zero-order valence-corrected chi connectivity index (χ0v) is 12.5. The molecular formula is C15H13BrN4. The summed E-state index contributed by atoms with van der Waals surface area (Å²) in [7, 11) is 1.81. The third-order valence-corrected chi connectivity index (χ3v) is 3.46. The van der Waals surface area contributed by atoms with E-state index in [0.29, 0.717) is 5.95 Å². The topological polar surface area (TPSA) is 49.8 Å². The maximum absolute atomic E-state index is 4.49. The number of hydrogen-bond donors (Lipinski definition) is 2. The maximum atomic E-state index is 4.49. The molecule has 0 spiro atoms. The smallest absolute Gasteiger partial charge is 0.224 e. The third kappa shape index (κ3) is 2.58. The fourth-order valence-electron chi connectivity index (χ4n) is 1.95. The molecule has 0 aliphatic rings. The summed E-state index contributed by atoms with van der Waals surface area (Å²) in [6.07, 6.45) is 0. The largest absolute Gasteiger partial charge is 0.357 e. The van der Waals surface area contributed by atoms with E-state index in [4.69, 9.17) is 0 Å². The molecule has 2 aromatic carbocycles. The minimum atomic E-state index is 0.600. The summed E-state index contributed by atoms with van der Waals surface area (Å²) >= 11 is 3.43. The molecule has 0 saturated carbocycles. The number of benzene rings is 2. The predicted octanol–water partition coefficient (Wildman–Crippen LogP) is 4.18. The summed E-state index contributed by atoms with van der Waals surface area (Å²) < 4.78 is 1.05. The van der Waals surface area contributed by atoms with Crippen LogP contribution in [0.3, 0.4) is 0 Å². The van der Waals surface area contributed by atoms with Crippen molar-refractivity contribution < 1.29 is 0 Å². The molecule has 4 nitrogen and oxygen atoms in total. The highest BCUT2D eigenvalue weighted by molar-refractivity contribution is 9.10. The second-order valence-electron chi connectivity index (χ2n) is 4.29. The van der Waals surface area contributed by atoms with E-state index in [9.17, 15) is 0 Å². The molecule has 5 heteroatoms. The first-order valence-corrected chi connectivity index (χ1v) is 7.03. The monoisotopic (exact) mass is 328 g/mol. The van der Waals surface area contributed by atoms with Gasteiger partial charge in [-0.15, -0.1) is 0 Å². The summed E-state index contributed by atoms with van der Waals surface area (Å²) in [6.45, 7) is 0. The number of para-hydroxylation sites is 1. The molecule has 0 radical (unpaired) electrons. The number of anilines is 3. The number of fused-ring (bicyclic) bond motifs is 1. The Morgan fingerprint density at radius 2 is 1.70 bits per heavy atom.